The van der Waals surface area contributed by atoms with E-state index in [1.807, 2.05) is 26.0 Å². The third-order valence-corrected chi connectivity index (χ3v) is 7.18. The second kappa shape index (κ2) is 11.6. The lowest BCUT2D eigenvalue weighted by molar-refractivity contribution is 0.0697. The van der Waals surface area contributed by atoms with Crippen LogP contribution in [-0.4, -0.2) is 27.0 Å². The molecule has 3 aromatic carbocycles. The monoisotopic (exact) mass is 645 g/mol. The van der Waals surface area contributed by atoms with Gasteiger partial charge in [-0.05, 0) is 75.9 Å². The van der Waals surface area contributed by atoms with Crippen LogP contribution in [0.3, 0.4) is 0 Å². The third kappa shape index (κ3) is 6.11. The molecule has 1 atom stereocenters. The van der Waals surface area contributed by atoms with Gasteiger partial charge in [-0.25, -0.2) is 9.78 Å². The van der Waals surface area contributed by atoms with Gasteiger partial charge in [0.15, 0.2) is 5.75 Å². The zero-order valence-electron chi connectivity index (χ0n) is 19.9. The number of hydrogen-bond donors (Lipinski definition) is 1. The Balaban J connectivity index is 1.62. The molecule has 4 rings (SSSR count). The molecular weight excluding hydrogens is 626 g/mol. The highest BCUT2D eigenvalue weighted by molar-refractivity contribution is 9.10. The lowest BCUT2D eigenvalue weighted by Gasteiger charge is -2.14. The van der Waals surface area contributed by atoms with Crippen LogP contribution in [0, 0.1) is 0 Å². The van der Waals surface area contributed by atoms with E-state index < -0.39 is 5.97 Å². The van der Waals surface area contributed by atoms with Gasteiger partial charge in [0.2, 0.25) is 0 Å². The lowest BCUT2D eigenvalue weighted by atomic mass is 10.1. The molecular formula is C27H22Br2ClN3O4. The van der Waals surface area contributed by atoms with Crippen LogP contribution in [0.5, 0.6) is 5.75 Å². The van der Waals surface area contributed by atoms with Crippen LogP contribution in [-0.2, 0) is 6.61 Å². The van der Waals surface area contributed by atoms with Crippen molar-refractivity contribution in [1.29, 1.82) is 0 Å². The molecule has 0 fully saturated rings. The van der Waals surface area contributed by atoms with Crippen molar-refractivity contribution in [2.24, 2.45) is 5.10 Å². The van der Waals surface area contributed by atoms with Crippen molar-refractivity contribution in [2.45, 2.75) is 32.8 Å². The topological polar surface area (TPSA) is 93.8 Å². The highest BCUT2D eigenvalue weighted by Crippen LogP contribution is 2.35. The van der Waals surface area contributed by atoms with Gasteiger partial charge in [0.05, 0.1) is 32.2 Å². The zero-order chi connectivity index (χ0) is 26.7. The van der Waals surface area contributed by atoms with Crippen molar-refractivity contribution in [3.63, 3.8) is 0 Å². The largest absolute Gasteiger partial charge is 0.486 e. The summed E-state index contributed by atoms with van der Waals surface area (Å²) in [6, 6.07) is 15.3. The Morgan fingerprint density at radius 2 is 1.92 bits per heavy atom. The molecule has 190 valence electrons. The van der Waals surface area contributed by atoms with Crippen LogP contribution >= 0.6 is 43.5 Å². The molecule has 7 nitrogen and oxygen atoms in total. The van der Waals surface area contributed by atoms with Gasteiger partial charge in [-0.3, -0.25) is 4.79 Å². The molecule has 0 saturated carbocycles. The summed E-state index contributed by atoms with van der Waals surface area (Å²) in [5.41, 5.74) is 2.03. The summed E-state index contributed by atoms with van der Waals surface area (Å²) in [4.78, 5) is 29.1. The van der Waals surface area contributed by atoms with E-state index in [0.29, 0.717) is 37.5 Å². The first-order chi connectivity index (χ1) is 17.7. The summed E-state index contributed by atoms with van der Waals surface area (Å²) in [7, 11) is 0. The fourth-order valence-corrected chi connectivity index (χ4v) is 4.94. The number of fused-ring (bicyclic) bond motifs is 1. The molecule has 1 N–H and O–H groups in total. The molecule has 0 aliphatic carbocycles. The van der Waals surface area contributed by atoms with Gasteiger partial charge in [-0.15, -0.1) is 0 Å². The fraction of sp³-hybridized carbons (Fsp3) is 0.185. The predicted octanol–water partition coefficient (Wildman–Crippen LogP) is 7.25. The summed E-state index contributed by atoms with van der Waals surface area (Å²) in [5.74, 6) is 0.0587. The van der Waals surface area contributed by atoms with Crippen LogP contribution in [0.2, 0.25) is 5.02 Å². The minimum absolute atomic E-state index is 0.0218. The van der Waals surface area contributed by atoms with Crippen molar-refractivity contribution in [1.82, 2.24) is 9.66 Å². The Labute approximate surface area is 235 Å². The maximum Gasteiger partial charge on any atom is 0.335 e. The summed E-state index contributed by atoms with van der Waals surface area (Å²) < 4.78 is 8.61. The maximum absolute atomic E-state index is 13.3. The Morgan fingerprint density at radius 3 is 2.57 bits per heavy atom. The fourth-order valence-electron chi connectivity index (χ4n) is 3.59. The van der Waals surface area contributed by atoms with E-state index in [1.54, 1.807) is 36.5 Å². The number of carboxylic acids is 1. The zero-order valence-corrected chi connectivity index (χ0v) is 23.8. The van der Waals surface area contributed by atoms with Crippen molar-refractivity contribution in [2.75, 3.05) is 0 Å². The number of carbonyl (C=O) groups is 1. The highest BCUT2D eigenvalue weighted by atomic mass is 79.9. The van der Waals surface area contributed by atoms with Gasteiger partial charge in [0.1, 0.15) is 12.4 Å². The van der Waals surface area contributed by atoms with Gasteiger partial charge < -0.3 is 9.84 Å². The van der Waals surface area contributed by atoms with Crippen LogP contribution in [0.15, 0.2) is 73.4 Å². The van der Waals surface area contributed by atoms with Crippen molar-refractivity contribution < 1.29 is 14.6 Å². The number of carboxylic acid groups (broad SMARTS) is 1. The van der Waals surface area contributed by atoms with Gasteiger partial charge >= 0.3 is 5.97 Å². The van der Waals surface area contributed by atoms with Crippen LogP contribution in [0.25, 0.3) is 10.9 Å². The molecule has 0 spiro atoms. The summed E-state index contributed by atoms with van der Waals surface area (Å²) in [5, 5.41) is 14.3. The van der Waals surface area contributed by atoms with E-state index in [4.69, 9.17) is 26.4 Å². The number of aromatic nitrogens is 2. The molecule has 0 saturated heterocycles. The summed E-state index contributed by atoms with van der Waals surface area (Å²) in [6.45, 7) is 4.25. The Hall–Kier alpha value is -3.01. The first-order valence-electron chi connectivity index (χ1n) is 11.4. The minimum Gasteiger partial charge on any atom is -0.486 e. The predicted molar refractivity (Wildman–Crippen MR) is 152 cm³/mol. The third-order valence-electron chi connectivity index (χ3n) is 5.81. The second-order valence-electron chi connectivity index (χ2n) is 8.41. The van der Waals surface area contributed by atoms with Gasteiger partial charge in [-0.2, -0.15) is 9.78 Å². The summed E-state index contributed by atoms with van der Waals surface area (Å²) >= 11 is 13.4. The van der Waals surface area contributed by atoms with Crippen LogP contribution < -0.4 is 10.3 Å². The van der Waals surface area contributed by atoms with E-state index in [-0.39, 0.29) is 23.6 Å². The molecule has 10 heteroatoms. The van der Waals surface area contributed by atoms with E-state index in [9.17, 15) is 9.59 Å². The molecule has 0 bridgehead atoms. The SMILES string of the molecule is CC[C@@H](C)c1nc2ccc(Br)cc2c(=O)n1N=Cc1cc(Cl)c(OCc2ccc(C(=O)O)cc2)c(Br)c1. The first-order valence-corrected chi connectivity index (χ1v) is 13.3. The molecule has 1 aromatic heterocycles. The number of nitrogens with zero attached hydrogens (tertiary/aromatic N) is 3. The molecule has 0 unspecified atom stereocenters. The smallest absolute Gasteiger partial charge is 0.335 e. The quantitative estimate of drug-likeness (QED) is 0.204. The number of ether oxygens (including phenoxy) is 1. The lowest BCUT2D eigenvalue weighted by Crippen LogP contribution is -2.23. The van der Waals surface area contributed by atoms with Crippen molar-refractivity contribution >= 4 is 66.5 Å². The highest BCUT2D eigenvalue weighted by Gasteiger charge is 2.16. The number of benzene rings is 3. The normalized spacial score (nSPS) is 12.2. The van der Waals surface area contributed by atoms with Crippen LogP contribution in [0.1, 0.15) is 53.5 Å². The minimum atomic E-state index is -0.985. The molecule has 0 radical (unpaired) electrons. The van der Waals surface area contributed by atoms with Crippen molar-refractivity contribution in [3.05, 3.63) is 101 Å². The molecule has 0 aliphatic rings. The number of aromatic carboxylic acids is 1. The van der Waals surface area contributed by atoms with E-state index in [2.05, 4.69) is 37.0 Å². The Bertz CT molecular complexity index is 1550. The number of halogens is 3. The molecule has 0 aliphatic heterocycles. The molecule has 1 heterocycles. The Kier molecular flexibility index (Phi) is 8.46. The molecule has 4 aromatic rings. The average Bonchev–Trinajstić information content (AvgIpc) is 2.87. The maximum atomic E-state index is 13.3. The van der Waals surface area contributed by atoms with Gasteiger partial charge in [0, 0.05) is 10.4 Å². The number of rotatable bonds is 8. The van der Waals surface area contributed by atoms with E-state index in [0.717, 1.165) is 16.5 Å². The molecule has 37 heavy (non-hydrogen) atoms. The van der Waals surface area contributed by atoms with Crippen LogP contribution in [0.4, 0.5) is 0 Å². The first kappa shape index (κ1) is 27.0. The Morgan fingerprint density at radius 1 is 1.19 bits per heavy atom. The van der Waals surface area contributed by atoms with E-state index in [1.165, 1.54) is 16.8 Å². The standard InChI is InChI=1S/C27H22Br2ClN3O4/c1-3-15(2)25-32-23-9-8-19(28)12-20(23)26(34)33(25)31-13-17-10-21(29)24(22(30)11-17)37-14-16-4-6-18(7-5-16)27(35)36/h4-13,15H,3,14H2,1-2H3,(H,35,36)/t15-/m1/s1. The van der Waals surface area contributed by atoms with Crippen molar-refractivity contribution in [3.8, 4) is 5.75 Å². The average molecular weight is 648 g/mol. The number of hydrogen-bond acceptors (Lipinski definition) is 5. The summed E-state index contributed by atoms with van der Waals surface area (Å²) in [6.07, 6.45) is 2.36. The molecule has 0 amide bonds. The second-order valence-corrected chi connectivity index (χ2v) is 10.6. The van der Waals surface area contributed by atoms with Gasteiger partial charge in [0.25, 0.3) is 5.56 Å². The van der Waals surface area contributed by atoms with Gasteiger partial charge in [-0.1, -0.05) is 53.5 Å². The van der Waals surface area contributed by atoms with E-state index >= 15 is 0 Å².